The molecule has 1 saturated heterocycles. The van der Waals surface area contributed by atoms with Gasteiger partial charge in [0.2, 0.25) is 0 Å². The van der Waals surface area contributed by atoms with Gasteiger partial charge < -0.3 is 14.4 Å². The van der Waals surface area contributed by atoms with Gasteiger partial charge in [-0.2, -0.15) is 0 Å². The number of rotatable bonds is 5. The van der Waals surface area contributed by atoms with E-state index in [0.29, 0.717) is 59.9 Å². The minimum absolute atomic E-state index is 0.354. The zero-order valence-electron chi connectivity index (χ0n) is 15.4. The molecule has 0 spiro atoms. The fourth-order valence-electron chi connectivity index (χ4n) is 3.15. The molecule has 4 rings (SSSR count). The molecular formula is C18H19F2N5O2S. The van der Waals surface area contributed by atoms with Crippen LogP contribution in [0.1, 0.15) is 12.2 Å². The summed E-state index contributed by atoms with van der Waals surface area (Å²) >= 11 is 1.36. The van der Waals surface area contributed by atoms with Crippen LogP contribution in [-0.2, 0) is 4.74 Å². The SMILES string of the molecule is COc1ccc2nc(C(F)F)n(-c3cc(N4CCOCC4)nc(SC)n3)c2c1. The molecule has 0 unspecified atom stereocenters. The molecule has 1 aromatic carbocycles. The van der Waals surface area contributed by atoms with Gasteiger partial charge in [0.25, 0.3) is 6.43 Å². The summed E-state index contributed by atoms with van der Waals surface area (Å²) in [6.45, 7) is 2.57. The van der Waals surface area contributed by atoms with Crippen molar-refractivity contribution in [2.75, 3.05) is 44.6 Å². The van der Waals surface area contributed by atoms with Crippen molar-refractivity contribution >= 4 is 28.6 Å². The zero-order valence-corrected chi connectivity index (χ0v) is 16.2. The summed E-state index contributed by atoms with van der Waals surface area (Å²) in [4.78, 5) is 15.2. The van der Waals surface area contributed by atoms with Gasteiger partial charge in [0.1, 0.15) is 17.4 Å². The molecule has 0 aliphatic carbocycles. The fourth-order valence-corrected chi connectivity index (χ4v) is 3.52. The summed E-state index contributed by atoms with van der Waals surface area (Å²) in [6.07, 6.45) is -0.899. The number of methoxy groups -OCH3 is 1. The lowest BCUT2D eigenvalue weighted by Crippen LogP contribution is -2.37. The van der Waals surface area contributed by atoms with Crippen LogP contribution in [0.5, 0.6) is 5.75 Å². The van der Waals surface area contributed by atoms with Crippen LogP contribution in [0.4, 0.5) is 14.6 Å². The number of nitrogens with zero attached hydrogens (tertiary/aromatic N) is 5. The first-order valence-corrected chi connectivity index (χ1v) is 9.94. The third-order valence-corrected chi connectivity index (χ3v) is 5.06. The molecule has 3 heterocycles. The summed E-state index contributed by atoms with van der Waals surface area (Å²) < 4.78 is 39.6. The molecule has 148 valence electrons. The zero-order chi connectivity index (χ0) is 19.7. The van der Waals surface area contributed by atoms with Crippen LogP contribution < -0.4 is 9.64 Å². The molecule has 0 radical (unpaired) electrons. The Bertz CT molecular complexity index is 992. The van der Waals surface area contributed by atoms with Crippen LogP contribution in [-0.4, -0.2) is 59.2 Å². The predicted molar refractivity (Wildman–Crippen MR) is 103 cm³/mol. The minimum Gasteiger partial charge on any atom is -0.497 e. The molecule has 0 saturated carbocycles. The summed E-state index contributed by atoms with van der Waals surface area (Å²) in [5.74, 6) is 1.23. The van der Waals surface area contributed by atoms with Gasteiger partial charge in [-0.25, -0.2) is 23.7 Å². The largest absolute Gasteiger partial charge is 0.497 e. The molecule has 0 bridgehead atoms. The van der Waals surface area contributed by atoms with Crippen molar-refractivity contribution in [1.29, 1.82) is 0 Å². The molecule has 10 heteroatoms. The summed E-state index contributed by atoms with van der Waals surface area (Å²) in [5, 5.41) is 0.504. The number of halogens is 2. The number of imidazole rings is 1. The molecule has 0 amide bonds. The monoisotopic (exact) mass is 407 g/mol. The summed E-state index contributed by atoms with van der Waals surface area (Å²) in [7, 11) is 1.53. The number of fused-ring (bicyclic) bond motifs is 1. The molecule has 3 aromatic rings. The van der Waals surface area contributed by atoms with E-state index >= 15 is 0 Å². The number of hydrogen-bond donors (Lipinski definition) is 0. The lowest BCUT2D eigenvalue weighted by Gasteiger charge is -2.28. The number of alkyl halides is 2. The van der Waals surface area contributed by atoms with Crippen molar-refractivity contribution in [3.8, 4) is 11.6 Å². The first kappa shape index (κ1) is 18.9. The number of hydrogen-bond acceptors (Lipinski definition) is 7. The average molecular weight is 407 g/mol. The highest BCUT2D eigenvalue weighted by atomic mass is 32.2. The lowest BCUT2D eigenvalue weighted by atomic mass is 10.3. The second-order valence-electron chi connectivity index (χ2n) is 6.13. The molecule has 1 aliphatic rings. The van der Waals surface area contributed by atoms with Crippen molar-refractivity contribution in [2.45, 2.75) is 11.6 Å². The maximum absolute atomic E-state index is 13.8. The van der Waals surface area contributed by atoms with E-state index in [1.807, 2.05) is 6.26 Å². The van der Waals surface area contributed by atoms with Crippen molar-refractivity contribution in [1.82, 2.24) is 19.5 Å². The molecule has 1 aliphatic heterocycles. The Balaban J connectivity index is 1.91. The summed E-state index contributed by atoms with van der Waals surface area (Å²) in [5.41, 5.74) is 0.960. The number of aromatic nitrogens is 4. The molecule has 2 aromatic heterocycles. The van der Waals surface area contributed by atoms with E-state index < -0.39 is 6.43 Å². The van der Waals surface area contributed by atoms with Crippen molar-refractivity contribution in [2.24, 2.45) is 0 Å². The number of morpholine rings is 1. The maximum atomic E-state index is 13.8. The van der Waals surface area contributed by atoms with Gasteiger partial charge in [-0.1, -0.05) is 11.8 Å². The van der Waals surface area contributed by atoms with Crippen LogP contribution in [0, 0.1) is 0 Å². The van der Waals surface area contributed by atoms with E-state index in [1.54, 1.807) is 24.3 Å². The van der Waals surface area contributed by atoms with Gasteiger partial charge in [0.05, 0.1) is 31.4 Å². The standard InChI is InChI=1S/C18H19F2N5O2S/c1-26-11-3-4-12-13(9-11)25(17(21-12)16(19)20)15-10-14(22-18(23-15)28-2)24-5-7-27-8-6-24/h3-4,9-10,16H,5-8H2,1-2H3. The number of anilines is 1. The van der Waals surface area contributed by atoms with Crippen molar-refractivity contribution in [3.05, 3.63) is 30.1 Å². The fraction of sp³-hybridized carbons (Fsp3) is 0.389. The van der Waals surface area contributed by atoms with Gasteiger partial charge in [0.15, 0.2) is 11.0 Å². The molecule has 0 N–H and O–H groups in total. The van der Waals surface area contributed by atoms with Gasteiger partial charge in [-0.15, -0.1) is 0 Å². The Morgan fingerprint density at radius 2 is 1.86 bits per heavy atom. The van der Waals surface area contributed by atoms with E-state index in [9.17, 15) is 8.78 Å². The quantitative estimate of drug-likeness (QED) is 0.475. The van der Waals surface area contributed by atoms with Crippen LogP contribution in [0.2, 0.25) is 0 Å². The molecule has 0 atom stereocenters. The second-order valence-corrected chi connectivity index (χ2v) is 6.90. The van der Waals surface area contributed by atoms with Crippen LogP contribution in [0.3, 0.4) is 0 Å². The third-order valence-electron chi connectivity index (χ3n) is 4.51. The number of ether oxygens (including phenoxy) is 2. The Labute approximate surface area is 164 Å². The van der Waals surface area contributed by atoms with E-state index in [1.165, 1.54) is 23.4 Å². The Morgan fingerprint density at radius 1 is 1.11 bits per heavy atom. The third kappa shape index (κ3) is 3.49. The molecule has 7 nitrogen and oxygen atoms in total. The molecule has 28 heavy (non-hydrogen) atoms. The van der Waals surface area contributed by atoms with Gasteiger partial charge >= 0.3 is 0 Å². The topological polar surface area (TPSA) is 65.3 Å². The van der Waals surface area contributed by atoms with E-state index in [0.717, 1.165) is 0 Å². The van der Waals surface area contributed by atoms with E-state index in [-0.39, 0.29) is 5.82 Å². The average Bonchev–Trinajstić information content (AvgIpc) is 3.13. The van der Waals surface area contributed by atoms with E-state index in [2.05, 4.69) is 19.9 Å². The van der Waals surface area contributed by atoms with E-state index in [4.69, 9.17) is 9.47 Å². The number of benzene rings is 1. The van der Waals surface area contributed by atoms with Gasteiger partial charge in [-0.3, -0.25) is 4.57 Å². The first-order chi connectivity index (χ1) is 13.6. The first-order valence-electron chi connectivity index (χ1n) is 8.71. The predicted octanol–water partition coefficient (Wildman–Crippen LogP) is 3.32. The number of thioether (sulfide) groups is 1. The smallest absolute Gasteiger partial charge is 0.296 e. The van der Waals surface area contributed by atoms with Crippen molar-refractivity contribution in [3.63, 3.8) is 0 Å². The highest BCUT2D eigenvalue weighted by Gasteiger charge is 2.23. The lowest BCUT2D eigenvalue weighted by molar-refractivity contribution is 0.122. The molecular weight excluding hydrogens is 388 g/mol. The van der Waals surface area contributed by atoms with Gasteiger partial charge in [-0.05, 0) is 18.4 Å². The Hall–Kier alpha value is -2.46. The van der Waals surface area contributed by atoms with Gasteiger partial charge in [0, 0.05) is 25.2 Å². The minimum atomic E-state index is -2.75. The highest BCUT2D eigenvalue weighted by Crippen LogP contribution is 2.31. The second kappa shape index (κ2) is 7.88. The normalized spacial score (nSPS) is 14.8. The summed E-state index contributed by atoms with van der Waals surface area (Å²) in [6, 6.07) is 6.76. The Kier molecular flexibility index (Phi) is 5.31. The molecule has 1 fully saturated rings. The van der Waals surface area contributed by atoms with Crippen LogP contribution in [0.15, 0.2) is 29.4 Å². The maximum Gasteiger partial charge on any atom is 0.296 e. The van der Waals surface area contributed by atoms with Crippen LogP contribution in [0.25, 0.3) is 16.9 Å². The van der Waals surface area contributed by atoms with Crippen molar-refractivity contribution < 1.29 is 18.3 Å². The highest BCUT2D eigenvalue weighted by molar-refractivity contribution is 7.98. The van der Waals surface area contributed by atoms with Crippen LogP contribution >= 0.6 is 11.8 Å². The Morgan fingerprint density at radius 3 is 2.54 bits per heavy atom.